The molecule has 8 heteroatoms. The van der Waals surface area contributed by atoms with E-state index in [1.807, 2.05) is 24.3 Å². The van der Waals surface area contributed by atoms with E-state index in [0.717, 1.165) is 16.6 Å². The summed E-state index contributed by atoms with van der Waals surface area (Å²) in [7, 11) is 0. The van der Waals surface area contributed by atoms with Crippen molar-refractivity contribution in [3.8, 4) is 5.75 Å². The number of amides is 1. The number of nitrogens with zero attached hydrogens (tertiary/aromatic N) is 1. The largest absolute Gasteiger partial charge is 0.508 e. The average molecular weight is 414 g/mol. The number of hydrogen-bond acceptors (Lipinski definition) is 5. The molecule has 0 bridgehead atoms. The summed E-state index contributed by atoms with van der Waals surface area (Å²) in [6, 6.07) is 18.9. The van der Waals surface area contributed by atoms with E-state index in [9.17, 15) is 14.7 Å². The minimum atomic E-state index is -0.617. The van der Waals surface area contributed by atoms with Gasteiger partial charge in [-0.15, -0.1) is 0 Å². The molecular weight excluding hydrogens is 396 g/mol. The van der Waals surface area contributed by atoms with Crippen molar-refractivity contribution in [1.29, 1.82) is 0 Å². The number of aromatic nitrogens is 3. The van der Waals surface area contributed by atoms with Crippen LogP contribution in [0.25, 0.3) is 22.1 Å². The molecule has 0 fully saturated rings. The number of aromatic amines is 2. The zero-order valence-corrected chi connectivity index (χ0v) is 16.3. The highest BCUT2D eigenvalue weighted by Gasteiger charge is 2.22. The fourth-order valence-electron chi connectivity index (χ4n) is 3.61. The van der Waals surface area contributed by atoms with E-state index in [-0.39, 0.29) is 16.9 Å². The molecule has 0 saturated heterocycles. The lowest BCUT2D eigenvalue weighted by molar-refractivity contribution is 0.0935. The number of oxazole rings is 1. The third kappa shape index (κ3) is 3.66. The van der Waals surface area contributed by atoms with Gasteiger partial charge in [-0.3, -0.25) is 9.78 Å². The van der Waals surface area contributed by atoms with Gasteiger partial charge in [-0.05, 0) is 48.4 Å². The van der Waals surface area contributed by atoms with E-state index in [1.54, 1.807) is 42.5 Å². The number of phenolic OH excluding ortho intramolecular Hbond substituents is 1. The molecule has 1 atom stereocenters. The molecule has 2 heterocycles. The summed E-state index contributed by atoms with van der Waals surface area (Å²) in [6.45, 7) is 0. The molecule has 154 valence electrons. The maximum atomic E-state index is 13.1. The second-order valence-corrected chi connectivity index (χ2v) is 7.23. The van der Waals surface area contributed by atoms with Crippen molar-refractivity contribution < 1.29 is 14.3 Å². The Morgan fingerprint density at radius 3 is 2.58 bits per heavy atom. The Kier molecular flexibility index (Phi) is 4.51. The first-order valence-corrected chi connectivity index (χ1v) is 9.72. The molecule has 2 aromatic heterocycles. The number of aromatic hydroxyl groups is 1. The lowest BCUT2D eigenvalue weighted by Gasteiger charge is -2.17. The predicted molar refractivity (Wildman–Crippen MR) is 115 cm³/mol. The van der Waals surface area contributed by atoms with Gasteiger partial charge in [-0.25, -0.2) is 9.78 Å². The summed E-state index contributed by atoms with van der Waals surface area (Å²) in [5.41, 5.74) is 3.48. The van der Waals surface area contributed by atoms with Crippen LogP contribution in [0.5, 0.6) is 5.75 Å². The number of fused-ring (bicyclic) bond motifs is 2. The fourth-order valence-corrected chi connectivity index (χ4v) is 3.61. The third-order valence-electron chi connectivity index (χ3n) is 5.11. The van der Waals surface area contributed by atoms with Crippen LogP contribution >= 0.6 is 0 Å². The topological polar surface area (TPSA) is 124 Å². The van der Waals surface area contributed by atoms with Crippen molar-refractivity contribution in [2.45, 2.75) is 12.5 Å². The highest BCUT2D eigenvalue weighted by molar-refractivity contribution is 6.04. The van der Waals surface area contributed by atoms with Crippen molar-refractivity contribution >= 4 is 28.0 Å². The highest BCUT2D eigenvalue weighted by atomic mass is 16.4. The van der Waals surface area contributed by atoms with Crippen LogP contribution in [-0.2, 0) is 6.42 Å². The van der Waals surface area contributed by atoms with Crippen LogP contribution in [0.3, 0.4) is 0 Å². The van der Waals surface area contributed by atoms with E-state index >= 15 is 0 Å². The molecule has 8 nitrogen and oxygen atoms in total. The molecule has 5 aromatic rings. The molecule has 1 unspecified atom stereocenters. The van der Waals surface area contributed by atoms with Gasteiger partial charge in [0.25, 0.3) is 5.91 Å². The van der Waals surface area contributed by atoms with E-state index in [0.29, 0.717) is 17.8 Å². The number of H-pyrrole nitrogens is 2. The number of hydrogen-bond donors (Lipinski definition) is 4. The standard InChI is InChI=1S/C23H18N4O4/c28-14-10-8-13(9-11-14)12-19(21-24-16-5-1-2-6-17(16)25-21)26-22(29)15-4-3-7-18-20(15)31-23(30)27-18/h1-11,19,28H,12H2,(H,24,25)(H,26,29)(H,27,30). The minimum absolute atomic E-state index is 0.169. The summed E-state index contributed by atoms with van der Waals surface area (Å²) < 4.78 is 5.16. The van der Waals surface area contributed by atoms with Crippen LogP contribution in [0.4, 0.5) is 0 Å². The maximum Gasteiger partial charge on any atom is 0.417 e. The van der Waals surface area contributed by atoms with Gasteiger partial charge in [-0.1, -0.05) is 30.3 Å². The van der Waals surface area contributed by atoms with Crippen molar-refractivity contribution in [3.05, 3.63) is 94.2 Å². The highest BCUT2D eigenvalue weighted by Crippen LogP contribution is 2.23. The van der Waals surface area contributed by atoms with Crippen molar-refractivity contribution in [2.75, 3.05) is 0 Å². The Balaban J connectivity index is 1.52. The SMILES string of the molecule is O=C(NC(Cc1ccc(O)cc1)c1nc2ccccc2[nH]1)c1cccc2[nH]c(=O)oc12. The molecule has 3 aromatic carbocycles. The second-order valence-electron chi connectivity index (χ2n) is 7.23. The van der Waals surface area contributed by atoms with Gasteiger partial charge in [0.1, 0.15) is 11.6 Å². The summed E-state index contributed by atoms with van der Waals surface area (Å²) in [6.07, 6.45) is 0.443. The zero-order chi connectivity index (χ0) is 21.4. The molecular formula is C23H18N4O4. The fraction of sp³-hybridized carbons (Fsp3) is 0.0870. The number of imidazole rings is 1. The average Bonchev–Trinajstić information content (AvgIpc) is 3.37. The van der Waals surface area contributed by atoms with Gasteiger partial charge in [0, 0.05) is 0 Å². The Morgan fingerprint density at radius 1 is 1.00 bits per heavy atom. The normalized spacial score (nSPS) is 12.3. The summed E-state index contributed by atoms with van der Waals surface area (Å²) in [4.78, 5) is 35.2. The molecule has 0 radical (unpaired) electrons. The van der Waals surface area contributed by atoms with Crippen LogP contribution < -0.4 is 11.1 Å². The van der Waals surface area contributed by atoms with E-state index in [2.05, 4.69) is 20.3 Å². The third-order valence-corrected chi connectivity index (χ3v) is 5.11. The molecule has 4 N–H and O–H groups in total. The van der Waals surface area contributed by atoms with Gasteiger partial charge < -0.3 is 19.8 Å². The Labute approximate surface area is 175 Å². The first-order chi connectivity index (χ1) is 15.1. The Hall–Kier alpha value is -4.33. The van der Waals surface area contributed by atoms with Crippen molar-refractivity contribution in [1.82, 2.24) is 20.3 Å². The predicted octanol–water partition coefficient (Wildman–Crippen LogP) is 3.42. The number of carbonyl (C=O) groups is 1. The van der Waals surface area contributed by atoms with Gasteiger partial charge in [0.05, 0.1) is 28.2 Å². The second kappa shape index (κ2) is 7.49. The summed E-state index contributed by atoms with van der Waals surface area (Å²) in [5.74, 6) is -0.238. The number of carbonyl (C=O) groups excluding carboxylic acids is 1. The summed E-state index contributed by atoms with van der Waals surface area (Å²) in [5, 5.41) is 12.6. The molecule has 0 aliphatic heterocycles. The molecule has 0 aliphatic rings. The smallest absolute Gasteiger partial charge is 0.417 e. The van der Waals surface area contributed by atoms with E-state index in [4.69, 9.17) is 4.42 Å². The lowest BCUT2D eigenvalue weighted by Crippen LogP contribution is -2.30. The van der Waals surface area contributed by atoms with Crippen LogP contribution in [0, 0.1) is 0 Å². The quantitative estimate of drug-likeness (QED) is 0.351. The van der Waals surface area contributed by atoms with Crippen molar-refractivity contribution in [3.63, 3.8) is 0 Å². The number of nitrogens with one attached hydrogen (secondary N) is 3. The maximum absolute atomic E-state index is 13.1. The molecule has 0 aliphatic carbocycles. The number of rotatable bonds is 5. The van der Waals surface area contributed by atoms with E-state index in [1.165, 1.54) is 0 Å². The molecule has 5 rings (SSSR count). The van der Waals surface area contributed by atoms with Crippen LogP contribution in [-0.4, -0.2) is 26.0 Å². The zero-order valence-electron chi connectivity index (χ0n) is 16.3. The van der Waals surface area contributed by atoms with Gasteiger partial charge in [0.2, 0.25) is 0 Å². The van der Waals surface area contributed by atoms with Crippen LogP contribution in [0.15, 0.2) is 75.9 Å². The van der Waals surface area contributed by atoms with Crippen LogP contribution in [0.2, 0.25) is 0 Å². The first-order valence-electron chi connectivity index (χ1n) is 9.72. The van der Waals surface area contributed by atoms with Gasteiger partial charge in [-0.2, -0.15) is 0 Å². The monoisotopic (exact) mass is 414 g/mol. The Morgan fingerprint density at radius 2 is 1.77 bits per heavy atom. The van der Waals surface area contributed by atoms with Crippen LogP contribution in [0.1, 0.15) is 27.8 Å². The first kappa shape index (κ1) is 18.7. The minimum Gasteiger partial charge on any atom is -0.508 e. The summed E-state index contributed by atoms with van der Waals surface area (Å²) >= 11 is 0. The van der Waals surface area contributed by atoms with Gasteiger partial charge >= 0.3 is 5.76 Å². The Bertz CT molecular complexity index is 1410. The molecule has 0 spiro atoms. The number of phenols is 1. The lowest BCUT2D eigenvalue weighted by atomic mass is 10.0. The number of para-hydroxylation sites is 3. The van der Waals surface area contributed by atoms with Gasteiger partial charge in [0.15, 0.2) is 5.58 Å². The molecule has 31 heavy (non-hydrogen) atoms. The molecule has 1 amide bonds. The van der Waals surface area contributed by atoms with Crippen molar-refractivity contribution in [2.24, 2.45) is 0 Å². The van der Waals surface area contributed by atoms with E-state index < -0.39 is 17.7 Å². The number of benzene rings is 3. The molecule has 0 saturated carbocycles.